The van der Waals surface area contributed by atoms with Gasteiger partial charge in [0.1, 0.15) is 17.3 Å². The van der Waals surface area contributed by atoms with Gasteiger partial charge in [-0.05, 0) is 36.8 Å². The van der Waals surface area contributed by atoms with Gasteiger partial charge in [0.15, 0.2) is 6.73 Å². The normalized spacial score (nSPS) is 10.5. The highest BCUT2D eigenvalue weighted by Crippen LogP contribution is 2.11. The summed E-state index contributed by atoms with van der Waals surface area (Å²) in [5, 5.41) is 6.87. The van der Waals surface area contributed by atoms with Gasteiger partial charge in [-0.1, -0.05) is 0 Å². The van der Waals surface area contributed by atoms with Gasteiger partial charge in [0.2, 0.25) is 0 Å². The van der Waals surface area contributed by atoms with Crippen molar-refractivity contribution in [3.8, 4) is 5.75 Å². The Morgan fingerprint density at radius 3 is 2.82 bits per heavy atom. The van der Waals surface area contributed by atoms with Crippen molar-refractivity contribution in [2.45, 2.75) is 13.2 Å². The molecule has 0 unspecified atom stereocenters. The van der Waals surface area contributed by atoms with Crippen molar-refractivity contribution in [2.24, 2.45) is 0 Å². The second-order valence-electron chi connectivity index (χ2n) is 4.57. The Labute approximate surface area is 127 Å². The molecule has 0 fully saturated rings. The molecule has 0 aliphatic carbocycles. The number of rotatable bonds is 8. The van der Waals surface area contributed by atoms with Crippen LogP contribution in [-0.4, -0.2) is 35.9 Å². The van der Waals surface area contributed by atoms with Gasteiger partial charge >= 0.3 is 0 Å². The molecule has 0 aliphatic heterocycles. The lowest BCUT2D eigenvalue weighted by Crippen LogP contribution is -2.25. The second-order valence-corrected chi connectivity index (χ2v) is 4.57. The molecule has 22 heavy (non-hydrogen) atoms. The molecule has 0 saturated heterocycles. The van der Waals surface area contributed by atoms with Crippen LogP contribution in [0.1, 0.15) is 16.9 Å². The molecule has 0 radical (unpaired) electrons. The summed E-state index contributed by atoms with van der Waals surface area (Å²) in [6.45, 7) is 1.27. The lowest BCUT2D eigenvalue weighted by Gasteiger charge is -2.06. The summed E-state index contributed by atoms with van der Waals surface area (Å²) in [4.78, 5) is 11.8. The van der Waals surface area contributed by atoms with Gasteiger partial charge in [-0.25, -0.2) is 9.07 Å². The van der Waals surface area contributed by atoms with Crippen LogP contribution >= 0.6 is 0 Å². The smallest absolute Gasteiger partial charge is 0.271 e. The summed E-state index contributed by atoms with van der Waals surface area (Å²) in [5.41, 5.74) is 0.320. The van der Waals surface area contributed by atoms with E-state index in [-0.39, 0.29) is 18.5 Å². The minimum Gasteiger partial charge on any atom is -0.471 e. The number of carbonyl (C=O) groups excluding carboxylic acids is 1. The fourth-order valence-electron chi connectivity index (χ4n) is 1.74. The number of benzene rings is 1. The van der Waals surface area contributed by atoms with E-state index in [1.54, 1.807) is 19.4 Å². The maximum atomic E-state index is 12.8. The van der Waals surface area contributed by atoms with Crippen molar-refractivity contribution in [1.82, 2.24) is 15.1 Å². The van der Waals surface area contributed by atoms with Gasteiger partial charge in [0, 0.05) is 26.5 Å². The molecule has 1 N–H and O–H groups in total. The zero-order valence-electron chi connectivity index (χ0n) is 12.3. The summed E-state index contributed by atoms with van der Waals surface area (Å²) >= 11 is 0. The monoisotopic (exact) mass is 307 g/mol. The number of aromatic nitrogens is 2. The average molecular weight is 307 g/mol. The Hall–Kier alpha value is -2.41. The fourth-order valence-corrected chi connectivity index (χ4v) is 1.74. The van der Waals surface area contributed by atoms with Crippen LogP contribution in [0.4, 0.5) is 4.39 Å². The molecule has 118 valence electrons. The number of halogens is 1. The number of hydrogen-bond donors (Lipinski definition) is 1. The van der Waals surface area contributed by atoms with Crippen molar-refractivity contribution < 1.29 is 18.7 Å². The van der Waals surface area contributed by atoms with E-state index in [9.17, 15) is 9.18 Å². The van der Waals surface area contributed by atoms with Crippen LogP contribution in [0.25, 0.3) is 0 Å². The molecule has 1 aromatic carbocycles. The van der Waals surface area contributed by atoms with E-state index < -0.39 is 0 Å². The van der Waals surface area contributed by atoms with Gasteiger partial charge in [-0.2, -0.15) is 5.10 Å². The largest absolute Gasteiger partial charge is 0.471 e. The molecule has 0 spiro atoms. The van der Waals surface area contributed by atoms with E-state index in [4.69, 9.17) is 9.47 Å². The maximum absolute atomic E-state index is 12.8. The van der Waals surface area contributed by atoms with Crippen molar-refractivity contribution in [2.75, 3.05) is 20.3 Å². The molecule has 1 heterocycles. The van der Waals surface area contributed by atoms with Crippen LogP contribution in [0.2, 0.25) is 0 Å². The van der Waals surface area contributed by atoms with E-state index in [0.717, 1.165) is 6.42 Å². The first kappa shape index (κ1) is 16.0. The second kappa shape index (κ2) is 8.14. The van der Waals surface area contributed by atoms with Crippen LogP contribution in [0, 0.1) is 5.82 Å². The van der Waals surface area contributed by atoms with Crippen molar-refractivity contribution >= 4 is 5.91 Å². The highest BCUT2D eigenvalue weighted by Gasteiger charge is 2.08. The van der Waals surface area contributed by atoms with Gasteiger partial charge in [0.05, 0.1) is 0 Å². The average Bonchev–Trinajstić information content (AvgIpc) is 3.00. The van der Waals surface area contributed by atoms with Gasteiger partial charge in [0.25, 0.3) is 5.91 Å². The number of hydrogen-bond acceptors (Lipinski definition) is 4. The number of ether oxygens (including phenoxy) is 2. The quantitative estimate of drug-likeness (QED) is 0.756. The number of nitrogens with zero attached hydrogens (tertiary/aromatic N) is 2. The molecular weight excluding hydrogens is 289 g/mol. The number of amides is 1. The molecule has 7 heteroatoms. The molecule has 2 aromatic rings. The first-order chi connectivity index (χ1) is 10.7. The van der Waals surface area contributed by atoms with Crippen LogP contribution in [-0.2, 0) is 11.5 Å². The first-order valence-electron chi connectivity index (χ1n) is 6.88. The zero-order valence-corrected chi connectivity index (χ0v) is 12.3. The van der Waals surface area contributed by atoms with E-state index in [1.807, 2.05) is 0 Å². The fraction of sp³-hybridized carbons (Fsp3) is 0.333. The lowest BCUT2D eigenvalue weighted by atomic mass is 10.3. The predicted molar refractivity (Wildman–Crippen MR) is 78.1 cm³/mol. The Kier molecular flexibility index (Phi) is 5.91. The molecule has 0 atom stereocenters. The van der Waals surface area contributed by atoms with E-state index >= 15 is 0 Å². The number of carbonyl (C=O) groups is 1. The number of nitrogens with one attached hydrogen (secondary N) is 1. The standard InChI is InChI=1S/C15H18FN3O3/c1-21-10-2-8-17-15(20)14-7-9-19(18-14)11-22-13-5-3-12(16)4-6-13/h3-7,9H,2,8,10-11H2,1H3,(H,17,20). The highest BCUT2D eigenvalue weighted by molar-refractivity contribution is 5.92. The molecule has 0 bridgehead atoms. The van der Waals surface area contributed by atoms with Gasteiger partial charge in [-0.3, -0.25) is 4.79 Å². The van der Waals surface area contributed by atoms with Crippen LogP contribution in [0.5, 0.6) is 5.75 Å². The summed E-state index contributed by atoms with van der Waals surface area (Å²) in [6, 6.07) is 7.30. The minimum atomic E-state index is -0.320. The van der Waals surface area contributed by atoms with Gasteiger partial charge in [-0.15, -0.1) is 0 Å². The first-order valence-corrected chi connectivity index (χ1v) is 6.88. The van der Waals surface area contributed by atoms with Crippen LogP contribution in [0.15, 0.2) is 36.5 Å². The Balaban J connectivity index is 1.80. The zero-order chi connectivity index (χ0) is 15.8. The van der Waals surface area contributed by atoms with Crippen molar-refractivity contribution in [1.29, 1.82) is 0 Å². The molecule has 0 aliphatic rings. The molecule has 0 saturated carbocycles. The van der Waals surface area contributed by atoms with E-state index in [1.165, 1.54) is 28.9 Å². The molecule has 6 nitrogen and oxygen atoms in total. The predicted octanol–water partition coefficient (Wildman–Crippen LogP) is 1.82. The number of methoxy groups -OCH3 is 1. The maximum Gasteiger partial charge on any atom is 0.271 e. The topological polar surface area (TPSA) is 65.4 Å². The third-order valence-electron chi connectivity index (χ3n) is 2.86. The molecule has 1 amide bonds. The molecule has 1 aromatic heterocycles. The Morgan fingerprint density at radius 2 is 2.09 bits per heavy atom. The highest BCUT2D eigenvalue weighted by atomic mass is 19.1. The summed E-state index contributed by atoms with van der Waals surface area (Å²) in [5.74, 6) is -0.0297. The summed E-state index contributed by atoms with van der Waals surface area (Å²) < 4.78 is 24.6. The van der Waals surface area contributed by atoms with Gasteiger partial charge < -0.3 is 14.8 Å². The summed E-state index contributed by atoms with van der Waals surface area (Å²) in [6.07, 6.45) is 2.39. The van der Waals surface area contributed by atoms with Crippen LogP contribution in [0.3, 0.4) is 0 Å². The molecular formula is C15H18FN3O3. The SMILES string of the molecule is COCCCNC(=O)c1ccn(COc2ccc(F)cc2)n1. The van der Waals surface area contributed by atoms with E-state index in [2.05, 4.69) is 10.4 Å². The Morgan fingerprint density at radius 1 is 1.32 bits per heavy atom. The third kappa shape index (κ3) is 4.85. The lowest BCUT2D eigenvalue weighted by molar-refractivity contribution is 0.0941. The van der Waals surface area contributed by atoms with Crippen molar-refractivity contribution in [3.63, 3.8) is 0 Å². The van der Waals surface area contributed by atoms with Crippen LogP contribution < -0.4 is 10.1 Å². The molecule has 2 rings (SSSR count). The summed E-state index contributed by atoms with van der Waals surface area (Å²) in [7, 11) is 1.62. The Bertz CT molecular complexity index is 598. The van der Waals surface area contributed by atoms with Crippen molar-refractivity contribution in [3.05, 3.63) is 48.0 Å². The third-order valence-corrected chi connectivity index (χ3v) is 2.86. The minimum absolute atomic E-state index is 0.141. The van der Waals surface area contributed by atoms with E-state index in [0.29, 0.717) is 24.6 Å².